The Morgan fingerprint density at radius 1 is 1.24 bits per heavy atom. The van der Waals surface area contributed by atoms with Crippen LogP contribution in [0.5, 0.6) is 5.75 Å². The number of nitrogens with one attached hydrogen (secondary N) is 1. The van der Waals surface area contributed by atoms with Crippen molar-refractivity contribution in [3.05, 3.63) is 64.5 Å². The second-order valence-electron chi connectivity index (χ2n) is 9.11. The van der Waals surface area contributed by atoms with E-state index in [2.05, 4.69) is 32.5 Å². The van der Waals surface area contributed by atoms with Crippen molar-refractivity contribution < 1.29 is 14.1 Å². The Bertz CT molecular complexity index is 1160. The first-order valence-corrected chi connectivity index (χ1v) is 12.2. The zero-order chi connectivity index (χ0) is 23.5. The number of likely N-dealkylation sites (tertiary alicyclic amines) is 1. The zero-order valence-corrected chi connectivity index (χ0v) is 20.1. The molecule has 34 heavy (non-hydrogen) atoms. The van der Waals surface area contributed by atoms with Gasteiger partial charge in [0.05, 0.1) is 25.6 Å². The summed E-state index contributed by atoms with van der Waals surface area (Å²) in [5.74, 6) is 2.02. The minimum Gasteiger partial charge on any atom is -0.497 e. The van der Waals surface area contributed by atoms with E-state index in [0.29, 0.717) is 29.8 Å². The van der Waals surface area contributed by atoms with Crippen molar-refractivity contribution in [2.24, 2.45) is 5.92 Å². The summed E-state index contributed by atoms with van der Waals surface area (Å²) in [4.78, 5) is 19.9. The van der Waals surface area contributed by atoms with E-state index in [-0.39, 0.29) is 17.9 Å². The van der Waals surface area contributed by atoms with E-state index >= 15 is 0 Å². The minimum atomic E-state index is -0.0484. The summed E-state index contributed by atoms with van der Waals surface area (Å²) in [6, 6.07) is 13.6. The van der Waals surface area contributed by atoms with E-state index in [1.165, 1.54) is 11.1 Å². The maximum atomic E-state index is 13.2. The van der Waals surface area contributed by atoms with Crippen molar-refractivity contribution in [3.63, 3.8) is 0 Å². The number of amides is 1. The molecule has 0 saturated carbocycles. The molecule has 2 aromatic carbocycles. The lowest BCUT2D eigenvalue weighted by Gasteiger charge is -2.33. The number of benzene rings is 2. The van der Waals surface area contributed by atoms with Crippen molar-refractivity contribution in [2.45, 2.75) is 44.7 Å². The van der Waals surface area contributed by atoms with Crippen LogP contribution in [-0.2, 0) is 17.8 Å². The number of halogens is 1. The van der Waals surface area contributed by atoms with Crippen molar-refractivity contribution in [1.82, 2.24) is 20.4 Å². The van der Waals surface area contributed by atoms with Gasteiger partial charge < -0.3 is 14.6 Å². The summed E-state index contributed by atoms with van der Waals surface area (Å²) in [6.45, 7) is 2.12. The lowest BCUT2D eigenvalue weighted by molar-refractivity contribution is -0.127. The summed E-state index contributed by atoms with van der Waals surface area (Å²) in [6.07, 6.45) is 4.91. The van der Waals surface area contributed by atoms with Gasteiger partial charge >= 0.3 is 0 Å². The van der Waals surface area contributed by atoms with E-state index in [4.69, 9.17) is 20.9 Å². The molecule has 3 aromatic rings. The molecule has 0 spiro atoms. The third kappa shape index (κ3) is 5.10. The summed E-state index contributed by atoms with van der Waals surface area (Å²) in [5.41, 5.74) is 3.31. The van der Waals surface area contributed by atoms with Gasteiger partial charge in [0.1, 0.15) is 5.75 Å². The number of hydrogen-bond acceptors (Lipinski definition) is 6. The highest BCUT2D eigenvalue weighted by molar-refractivity contribution is 6.30. The van der Waals surface area contributed by atoms with Gasteiger partial charge in [0, 0.05) is 17.1 Å². The van der Waals surface area contributed by atoms with Gasteiger partial charge in [-0.15, -0.1) is 0 Å². The van der Waals surface area contributed by atoms with Gasteiger partial charge in [-0.25, -0.2) is 0 Å². The van der Waals surface area contributed by atoms with E-state index in [1.807, 2.05) is 30.3 Å². The highest BCUT2D eigenvalue weighted by Crippen LogP contribution is 2.33. The van der Waals surface area contributed by atoms with Crippen molar-refractivity contribution in [3.8, 4) is 17.1 Å². The zero-order valence-electron chi connectivity index (χ0n) is 19.3. The number of carbonyl (C=O) groups excluding carboxylic acids is 1. The first-order chi connectivity index (χ1) is 16.6. The van der Waals surface area contributed by atoms with Crippen LogP contribution in [0.3, 0.4) is 0 Å². The molecule has 1 N–H and O–H groups in total. The molecule has 1 aliphatic heterocycles. The Labute approximate surface area is 204 Å². The number of methoxy groups -OCH3 is 1. The van der Waals surface area contributed by atoms with Crippen LogP contribution in [0.2, 0.25) is 5.02 Å². The molecule has 7 nitrogen and oxygen atoms in total. The second kappa shape index (κ2) is 10.2. The molecule has 8 heteroatoms. The number of nitrogens with zero attached hydrogens (tertiary/aromatic N) is 3. The normalized spacial score (nSPS) is 20.5. The number of fused-ring (bicyclic) bond motifs is 1. The maximum Gasteiger partial charge on any atom is 0.241 e. The molecule has 1 amide bonds. The van der Waals surface area contributed by atoms with Crippen molar-refractivity contribution in [2.75, 3.05) is 20.2 Å². The van der Waals surface area contributed by atoms with Crippen LogP contribution in [0, 0.1) is 5.92 Å². The van der Waals surface area contributed by atoms with Crippen LogP contribution in [0.1, 0.15) is 48.7 Å². The molecule has 2 unspecified atom stereocenters. The van der Waals surface area contributed by atoms with Crippen LogP contribution in [-0.4, -0.2) is 41.1 Å². The Hall–Kier alpha value is -2.90. The van der Waals surface area contributed by atoms with Gasteiger partial charge in [0.25, 0.3) is 0 Å². The van der Waals surface area contributed by atoms with E-state index in [1.54, 1.807) is 7.11 Å². The monoisotopic (exact) mass is 480 g/mol. The fourth-order valence-electron chi connectivity index (χ4n) is 5.03. The van der Waals surface area contributed by atoms with Crippen LogP contribution >= 0.6 is 11.6 Å². The van der Waals surface area contributed by atoms with Gasteiger partial charge in [0.15, 0.2) is 0 Å². The van der Waals surface area contributed by atoms with Crippen LogP contribution in [0.25, 0.3) is 11.4 Å². The topological polar surface area (TPSA) is 80.5 Å². The minimum absolute atomic E-state index is 0.0484. The third-order valence-electron chi connectivity index (χ3n) is 6.77. The molecule has 178 valence electrons. The number of aryl methyl sites for hydroxylation is 1. The number of piperidine rings is 1. The lowest BCUT2D eigenvalue weighted by atomic mass is 9.86. The SMILES string of the molecule is COc1ccc2c(c1)CCCC2NC(=O)C1CCCN(Cc2nc(-c3cccc(Cl)c3)no2)C1. The van der Waals surface area contributed by atoms with E-state index in [0.717, 1.165) is 50.0 Å². The molecule has 2 aliphatic rings. The number of carbonyl (C=O) groups is 1. The van der Waals surface area contributed by atoms with Crippen molar-refractivity contribution in [1.29, 1.82) is 0 Å². The summed E-state index contributed by atoms with van der Waals surface area (Å²) >= 11 is 6.08. The quantitative estimate of drug-likeness (QED) is 0.545. The Morgan fingerprint density at radius 3 is 3.00 bits per heavy atom. The molecule has 0 bridgehead atoms. The fourth-order valence-corrected chi connectivity index (χ4v) is 5.22. The van der Waals surface area contributed by atoms with E-state index in [9.17, 15) is 4.79 Å². The average molecular weight is 481 g/mol. The third-order valence-corrected chi connectivity index (χ3v) is 7.00. The first kappa shape index (κ1) is 22.9. The van der Waals surface area contributed by atoms with Gasteiger partial charge in [-0.1, -0.05) is 35.0 Å². The molecular weight excluding hydrogens is 452 g/mol. The predicted octanol–water partition coefficient (Wildman–Crippen LogP) is 4.80. The number of ether oxygens (including phenoxy) is 1. The number of aromatic nitrogens is 2. The molecule has 1 fully saturated rings. The van der Waals surface area contributed by atoms with Crippen LogP contribution in [0.4, 0.5) is 0 Å². The van der Waals surface area contributed by atoms with Crippen LogP contribution in [0.15, 0.2) is 47.0 Å². The van der Waals surface area contributed by atoms with Crippen LogP contribution < -0.4 is 10.1 Å². The van der Waals surface area contributed by atoms with Gasteiger partial charge in [-0.3, -0.25) is 9.69 Å². The number of rotatable bonds is 6. The Balaban J connectivity index is 1.20. The number of hydrogen-bond donors (Lipinski definition) is 1. The van der Waals surface area contributed by atoms with Gasteiger partial charge in [-0.2, -0.15) is 4.98 Å². The first-order valence-electron chi connectivity index (χ1n) is 11.9. The fraction of sp³-hybridized carbons (Fsp3) is 0.423. The molecule has 1 saturated heterocycles. The summed E-state index contributed by atoms with van der Waals surface area (Å²) in [7, 11) is 1.69. The molecule has 2 heterocycles. The highest BCUT2D eigenvalue weighted by atomic mass is 35.5. The standard InChI is InChI=1S/C26H29ClN4O3/c1-33-21-10-11-22-17(14-21)5-3-9-23(22)28-26(32)19-7-4-12-31(15-19)16-24-29-25(30-34-24)18-6-2-8-20(27)13-18/h2,6,8,10-11,13-14,19,23H,3-5,7,9,12,15-16H2,1H3,(H,28,32). The van der Waals surface area contributed by atoms with E-state index < -0.39 is 0 Å². The molecule has 2 atom stereocenters. The van der Waals surface area contributed by atoms with Gasteiger partial charge in [-0.05, 0) is 74.0 Å². The maximum absolute atomic E-state index is 13.2. The molecular formula is C26H29ClN4O3. The summed E-state index contributed by atoms with van der Waals surface area (Å²) in [5, 5.41) is 8.06. The average Bonchev–Trinajstić information content (AvgIpc) is 3.32. The largest absolute Gasteiger partial charge is 0.497 e. The smallest absolute Gasteiger partial charge is 0.241 e. The molecule has 1 aliphatic carbocycles. The van der Waals surface area contributed by atoms with Crippen molar-refractivity contribution >= 4 is 17.5 Å². The second-order valence-corrected chi connectivity index (χ2v) is 9.55. The Kier molecular flexibility index (Phi) is 6.83. The highest BCUT2D eigenvalue weighted by Gasteiger charge is 2.30. The molecule has 0 radical (unpaired) electrons. The summed E-state index contributed by atoms with van der Waals surface area (Å²) < 4.78 is 10.8. The molecule has 1 aromatic heterocycles. The van der Waals surface area contributed by atoms with Gasteiger partial charge in [0.2, 0.25) is 17.6 Å². The predicted molar refractivity (Wildman–Crippen MR) is 130 cm³/mol. The molecule has 5 rings (SSSR count). The lowest BCUT2D eigenvalue weighted by Crippen LogP contribution is -2.44. The Morgan fingerprint density at radius 2 is 2.15 bits per heavy atom.